The van der Waals surface area contributed by atoms with Crippen LogP contribution in [0, 0.1) is 0 Å². The molecule has 1 amide bonds. The number of carbonyl (C=O) groups is 1. The molecule has 2 unspecified atom stereocenters. The lowest BCUT2D eigenvalue weighted by Gasteiger charge is -2.26. The van der Waals surface area contributed by atoms with Crippen LogP contribution >= 0.6 is 0 Å². The molecule has 0 saturated carbocycles. The molecule has 142 valence electrons. The van der Waals surface area contributed by atoms with Crippen LogP contribution in [-0.2, 0) is 6.54 Å². The second-order valence-electron chi connectivity index (χ2n) is 7.21. The van der Waals surface area contributed by atoms with Crippen LogP contribution in [0.3, 0.4) is 0 Å². The average molecular weight is 373 g/mol. The summed E-state index contributed by atoms with van der Waals surface area (Å²) in [5.74, 6) is 0.672. The first-order valence-corrected chi connectivity index (χ1v) is 9.30. The van der Waals surface area contributed by atoms with Crippen molar-refractivity contribution in [1.82, 2.24) is 14.9 Å². The van der Waals surface area contributed by atoms with Gasteiger partial charge in [-0.1, -0.05) is 18.2 Å². The molecule has 6 heteroatoms. The van der Waals surface area contributed by atoms with Crippen LogP contribution < -0.4 is 11.1 Å². The summed E-state index contributed by atoms with van der Waals surface area (Å²) < 4.78 is 0. The normalized spacial score (nSPS) is 17.9. The summed E-state index contributed by atoms with van der Waals surface area (Å²) in [7, 11) is 2.12. The zero-order chi connectivity index (χ0) is 19.5. The molecule has 4 rings (SSSR count). The Balaban J connectivity index is 1.58. The Kier molecular flexibility index (Phi) is 5.04. The van der Waals surface area contributed by atoms with E-state index < -0.39 is 5.91 Å². The highest BCUT2D eigenvalue weighted by Crippen LogP contribution is 2.39. The number of likely N-dealkylation sites (N-methyl/N-ethyl adjacent to an activating group) is 1. The second kappa shape index (κ2) is 7.78. The predicted octanol–water partition coefficient (Wildman–Crippen LogP) is 2.63. The van der Waals surface area contributed by atoms with Gasteiger partial charge in [0, 0.05) is 48.7 Å². The van der Waals surface area contributed by atoms with Crippen molar-refractivity contribution in [2.75, 3.05) is 18.9 Å². The van der Waals surface area contributed by atoms with Crippen molar-refractivity contribution in [2.45, 2.75) is 18.5 Å². The van der Waals surface area contributed by atoms with Gasteiger partial charge in [0.2, 0.25) is 5.91 Å². The van der Waals surface area contributed by atoms with Crippen LogP contribution in [0.5, 0.6) is 0 Å². The lowest BCUT2D eigenvalue weighted by Crippen LogP contribution is -2.35. The number of aromatic nitrogens is 2. The third-order valence-electron chi connectivity index (χ3n) is 5.16. The molecule has 1 aromatic carbocycles. The van der Waals surface area contributed by atoms with Crippen molar-refractivity contribution in [3.05, 3.63) is 89.4 Å². The minimum Gasteiger partial charge on any atom is -0.366 e. The lowest BCUT2D eigenvalue weighted by atomic mass is 9.87. The third-order valence-corrected chi connectivity index (χ3v) is 5.16. The molecule has 1 aliphatic rings. The Morgan fingerprint density at radius 2 is 1.86 bits per heavy atom. The van der Waals surface area contributed by atoms with E-state index in [9.17, 15) is 4.79 Å². The molecule has 0 fully saturated rings. The monoisotopic (exact) mass is 373 g/mol. The number of amides is 1. The summed E-state index contributed by atoms with van der Waals surface area (Å²) in [6.07, 6.45) is 5.45. The number of rotatable bonds is 6. The molecule has 3 aromatic rings. The van der Waals surface area contributed by atoms with Gasteiger partial charge >= 0.3 is 0 Å². The van der Waals surface area contributed by atoms with Gasteiger partial charge in [0.05, 0.1) is 6.04 Å². The van der Waals surface area contributed by atoms with E-state index in [2.05, 4.69) is 33.3 Å². The van der Waals surface area contributed by atoms with Gasteiger partial charge in [0.1, 0.15) is 5.82 Å². The number of pyridine rings is 2. The molecule has 1 aliphatic heterocycles. The van der Waals surface area contributed by atoms with E-state index in [0.29, 0.717) is 5.56 Å². The predicted molar refractivity (Wildman–Crippen MR) is 109 cm³/mol. The van der Waals surface area contributed by atoms with E-state index in [1.165, 1.54) is 11.1 Å². The highest BCUT2D eigenvalue weighted by molar-refractivity contribution is 5.92. The molecule has 28 heavy (non-hydrogen) atoms. The molecule has 2 aromatic heterocycles. The summed E-state index contributed by atoms with van der Waals surface area (Å²) >= 11 is 0. The SMILES string of the molecule is CN(Cc1ccncc1)CC1Nc2ncccc2C1c1ccc(C(N)=O)cc1. The van der Waals surface area contributed by atoms with Gasteiger partial charge < -0.3 is 16.0 Å². The Labute approximate surface area is 164 Å². The summed E-state index contributed by atoms with van der Waals surface area (Å²) in [5, 5.41) is 3.58. The van der Waals surface area contributed by atoms with Gasteiger partial charge in [0.25, 0.3) is 0 Å². The van der Waals surface area contributed by atoms with E-state index in [1.54, 1.807) is 12.1 Å². The molecule has 0 bridgehead atoms. The van der Waals surface area contributed by atoms with Gasteiger partial charge in [-0.25, -0.2) is 4.98 Å². The van der Waals surface area contributed by atoms with Crippen molar-refractivity contribution in [1.29, 1.82) is 0 Å². The minimum absolute atomic E-state index is 0.158. The summed E-state index contributed by atoms with van der Waals surface area (Å²) in [5.41, 5.74) is 9.46. The number of primary amides is 1. The van der Waals surface area contributed by atoms with E-state index in [0.717, 1.165) is 24.5 Å². The van der Waals surface area contributed by atoms with Gasteiger partial charge in [0.15, 0.2) is 0 Å². The van der Waals surface area contributed by atoms with Gasteiger partial charge in [-0.05, 0) is 48.5 Å². The van der Waals surface area contributed by atoms with Crippen molar-refractivity contribution in [2.24, 2.45) is 5.73 Å². The fraction of sp³-hybridized carbons (Fsp3) is 0.227. The zero-order valence-electron chi connectivity index (χ0n) is 15.7. The molecule has 0 saturated heterocycles. The molecule has 6 nitrogen and oxygen atoms in total. The summed E-state index contributed by atoms with van der Waals surface area (Å²) in [6, 6.07) is 15.9. The maximum absolute atomic E-state index is 11.4. The summed E-state index contributed by atoms with van der Waals surface area (Å²) in [4.78, 5) is 22.3. The van der Waals surface area contributed by atoms with Crippen LogP contribution in [-0.4, -0.2) is 40.4 Å². The second-order valence-corrected chi connectivity index (χ2v) is 7.21. The highest BCUT2D eigenvalue weighted by Gasteiger charge is 2.34. The molecular formula is C22H23N5O. The van der Waals surface area contributed by atoms with E-state index in [4.69, 9.17) is 5.73 Å². The maximum atomic E-state index is 11.4. The number of nitrogens with two attached hydrogens (primary N) is 1. The Bertz CT molecular complexity index is 958. The lowest BCUT2D eigenvalue weighted by molar-refractivity contribution is 0.100. The molecular weight excluding hydrogens is 350 g/mol. The number of anilines is 1. The molecule has 0 radical (unpaired) electrons. The molecule has 3 N–H and O–H groups in total. The highest BCUT2D eigenvalue weighted by atomic mass is 16.1. The number of hydrogen-bond donors (Lipinski definition) is 2. The van der Waals surface area contributed by atoms with E-state index in [1.807, 2.05) is 48.9 Å². The topological polar surface area (TPSA) is 84.1 Å². The first-order chi connectivity index (χ1) is 13.6. The number of carbonyl (C=O) groups excluding carboxylic acids is 1. The first-order valence-electron chi connectivity index (χ1n) is 9.30. The minimum atomic E-state index is -0.410. The van der Waals surface area contributed by atoms with Crippen LogP contribution in [0.4, 0.5) is 5.82 Å². The molecule has 2 atom stereocenters. The van der Waals surface area contributed by atoms with Crippen LogP contribution in [0.2, 0.25) is 0 Å². The number of benzene rings is 1. The Morgan fingerprint density at radius 3 is 2.57 bits per heavy atom. The zero-order valence-corrected chi connectivity index (χ0v) is 15.7. The standard InChI is InChI=1S/C22H23N5O/c1-27(13-15-8-11-24-12-9-15)14-19-20(18-3-2-10-25-22(18)26-19)16-4-6-17(7-5-16)21(23)28/h2-12,19-20H,13-14H2,1H3,(H2,23,28)(H,25,26). The van der Waals surface area contributed by atoms with Crippen LogP contribution in [0.25, 0.3) is 0 Å². The Morgan fingerprint density at radius 1 is 1.11 bits per heavy atom. The van der Waals surface area contributed by atoms with Gasteiger partial charge in [-0.2, -0.15) is 0 Å². The van der Waals surface area contributed by atoms with Gasteiger partial charge in [-0.3, -0.25) is 9.78 Å². The van der Waals surface area contributed by atoms with Crippen LogP contribution in [0.15, 0.2) is 67.1 Å². The average Bonchev–Trinajstić information content (AvgIpc) is 3.06. The van der Waals surface area contributed by atoms with Crippen molar-refractivity contribution in [3.8, 4) is 0 Å². The largest absolute Gasteiger partial charge is 0.366 e. The number of hydrogen-bond acceptors (Lipinski definition) is 5. The third kappa shape index (κ3) is 3.73. The van der Waals surface area contributed by atoms with Crippen molar-refractivity contribution >= 4 is 11.7 Å². The summed E-state index contributed by atoms with van der Waals surface area (Å²) in [6.45, 7) is 1.69. The van der Waals surface area contributed by atoms with Crippen molar-refractivity contribution < 1.29 is 4.79 Å². The smallest absolute Gasteiger partial charge is 0.248 e. The Hall–Kier alpha value is -3.25. The van der Waals surface area contributed by atoms with Crippen molar-refractivity contribution in [3.63, 3.8) is 0 Å². The number of nitrogens with one attached hydrogen (secondary N) is 1. The maximum Gasteiger partial charge on any atom is 0.248 e. The van der Waals surface area contributed by atoms with E-state index >= 15 is 0 Å². The molecule has 0 aliphatic carbocycles. The first kappa shape index (κ1) is 18.1. The fourth-order valence-corrected chi connectivity index (χ4v) is 3.88. The molecule has 3 heterocycles. The quantitative estimate of drug-likeness (QED) is 0.694. The van der Waals surface area contributed by atoms with Crippen LogP contribution in [0.1, 0.15) is 33.0 Å². The number of nitrogens with zero attached hydrogens (tertiary/aromatic N) is 3. The number of fused-ring (bicyclic) bond motifs is 1. The fourth-order valence-electron chi connectivity index (χ4n) is 3.88. The molecule has 0 spiro atoms. The van der Waals surface area contributed by atoms with Gasteiger partial charge in [-0.15, -0.1) is 0 Å². The van der Waals surface area contributed by atoms with E-state index in [-0.39, 0.29) is 12.0 Å².